The van der Waals surface area contributed by atoms with E-state index < -0.39 is 5.97 Å². The summed E-state index contributed by atoms with van der Waals surface area (Å²) in [6.45, 7) is 2.21. The Bertz CT molecular complexity index is 773. The summed E-state index contributed by atoms with van der Waals surface area (Å²) in [6.07, 6.45) is 12.9. The third-order valence-electron chi connectivity index (χ3n) is 4.82. The average molecular weight is 370 g/mol. The van der Waals surface area contributed by atoms with Crippen LogP contribution >= 0.6 is 0 Å². The van der Waals surface area contributed by atoms with Crippen LogP contribution in [0.3, 0.4) is 0 Å². The fourth-order valence-electron chi connectivity index (χ4n) is 3.34. The molecule has 0 bridgehead atoms. The van der Waals surface area contributed by atoms with Crippen LogP contribution in [0.1, 0.15) is 87.2 Å². The number of Topliss-reactive ketones (excluding diaryl/α,β-unsaturated/α-hetero) is 1. The van der Waals surface area contributed by atoms with Crippen LogP contribution in [0.15, 0.2) is 30.3 Å². The second-order valence-corrected chi connectivity index (χ2v) is 7.09. The van der Waals surface area contributed by atoms with Crippen molar-refractivity contribution in [2.24, 2.45) is 0 Å². The van der Waals surface area contributed by atoms with E-state index in [2.05, 4.69) is 18.0 Å². The molecular formula is C23H31NO3. The number of nitrogens with one attached hydrogen (secondary N) is 1. The lowest BCUT2D eigenvalue weighted by Crippen LogP contribution is -2.01. The SMILES string of the molecule is CCCCCCC=Cc1[nH]c2ccccc2c1C(=O)CCCCCC(=O)O. The maximum absolute atomic E-state index is 12.8. The molecule has 2 rings (SSSR count). The van der Waals surface area contributed by atoms with Crippen molar-refractivity contribution in [1.82, 2.24) is 4.98 Å². The first-order valence-electron chi connectivity index (χ1n) is 10.2. The number of allylic oxidation sites excluding steroid dienone is 1. The normalized spacial score (nSPS) is 11.4. The number of benzene rings is 1. The summed E-state index contributed by atoms with van der Waals surface area (Å²) < 4.78 is 0. The van der Waals surface area contributed by atoms with Crippen molar-refractivity contribution in [2.75, 3.05) is 0 Å². The van der Waals surface area contributed by atoms with Gasteiger partial charge in [-0.25, -0.2) is 0 Å². The maximum Gasteiger partial charge on any atom is 0.303 e. The quantitative estimate of drug-likeness (QED) is 0.318. The molecule has 4 nitrogen and oxygen atoms in total. The molecule has 1 aromatic carbocycles. The molecule has 1 heterocycles. The minimum atomic E-state index is -0.774. The monoisotopic (exact) mass is 369 g/mol. The summed E-state index contributed by atoms with van der Waals surface area (Å²) in [4.78, 5) is 26.8. The van der Waals surface area contributed by atoms with Gasteiger partial charge >= 0.3 is 5.97 Å². The van der Waals surface area contributed by atoms with Gasteiger partial charge in [0.25, 0.3) is 0 Å². The molecule has 0 spiro atoms. The van der Waals surface area contributed by atoms with E-state index in [0.717, 1.165) is 41.4 Å². The highest BCUT2D eigenvalue weighted by molar-refractivity contribution is 6.10. The van der Waals surface area contributed by atoms with Crippen molar-refractivity contribution < 1.29 is 14.7 Å². The molecule has 4 heteroatoms. The second kappa shape index (κ2) is 11.4. The van der Waals surface area contributed by atoms with Gasteiger partial charge in [-0.05, 0) is 37.8 Å². The lowest BCUT2D eigenvalue weighted by atomic mass is 10.0. The number of aromatic amines is 1. The number of carboxylic acids is 1. The Hall–Kier alpha value is -2.36. The molecule has 0 aliphatic heterocycles. The maximum atomic E-state index is 12.8. The molecule has 0 radical (unpaired) electrons. The fourth-order valence-corrected chi connectivity index (χ4v) is 3.34. The van der Waals surface area contributed by atoms with E-state index in [0.29, 0.717) is 12.8 Å². The van der Waals surface area contributed by atoms with Crippen LogP contribution < -0.4 is 0 Å². The van der Waals surface area contributed by atoms with Gasteiger partial charge in [0, 0.05) is 29.4 Å². The predicted octanol–water partition coefficient (Wildman–Crippen LogP) is 6.37. The first kappa shape index (κ1) is 20.9. The minimum Gasteiger partial charge on any atom is -0.481 e. The number of hydrogen-bond acceptors (Lipinski definition) is 2. The molecule has 0 amide bonds. The van der Waals surface area contributed by atoms with Crippen LogP contribution in [0.4, 0.5) is 0 Å². The molecule has 27 heavy (non-hydrogen) atoms. The van der Waals surface area contributed by atoms with Crippen LogP contribution in [0, 0.1) is 0 Å². The molecule has 146 valence electrons. The number of aliphatic carboxylic acids is 1. The highest BCUT2D eigenvalue weighted by atomic mass is 16.4. The molecule has 1 aromatic heterocycles. The highest BCUT2D eigenvalue weighted by Gasteiger charge is 2.16. The lowest BCUT2D eigenvalue weighted by Gasteiger charge is -2.02. The summed E-state index contributed by atoms with van der Waals surface area (Å²) in [5.74, 6) is -0.641. The van der Waals surface area contributed by atoms with E-state index in [1.54, 1.807) is 0 Å². The summed E-state index contributed by atoms with van der Waals surface area (Å²) in [6, 6.07) is 7.91. The standard InChI is InChI=1S/C23H31NO3/c1-2-3-4-5-6-8-15-20-23(18-13-11-12-14-19(18)24-20)21(25)16-9-7-10-17-22(26)27/h8,11-15,24H,2-7,9-10,16-17H2,1H3,(H,26,27). The Labute approximate surface area is 161 Å². The number of carbonyl (C=O) groups is 2. The van der Waals surface area contributed by atoms with Gasteiger partial charge in [-0.2, -0.15) is 0 Å². The van der Waals surface area contributed by atoms with Crippen molar-refractivity contribution >= 4 is 28.7 Å². The third kappa shape index (κ3) is 6.70. The molecule has 0 unspecified atom stereocenters. The van der Waals surface area contributed by atoms with Crippen molar-refractivity contribution in [3.05, 3.63) is 41.6 Å². The zero-order valence-corrected chi connectivity index (χ0v) is 16.3. The Balaban J connectivity index is 2.03. The number of hydrogen-bond donors (Lipinski definition) is 2. The summed E-state index contributed by atoms with van der Waals surface area (Å²) in [7, 11) is 0. The largest absolute Gasteiger partial charge is 0.481 e. The van der Waals surface area contributed by atoms with E-state index in [1.165, 1.54) is 25.7 Å². The Morgan fingerprint density at radius 1 is 1.00 bits per heavy atom. The van der Waals surface area contributed by atoms with Crippen molar-refractivity contribution in [3.63, 3.8) is 0 Å². The fraction of sp³-hybridized carbons (Fsp3) is 0.478. The topological polar surface area (TPSA) is 70.2 Å². The van der Waals surface area contributed by atoms with Crippen molar-refractivity contribution in [2.45, 2.75) is 71.1 Å². The number of carbonyl (C=O) groups excluding carboxylic acids is 1. The summed E-state index contributed by atoms with van der Waals surface area (Å²) >= 11 is 0. The summed E-state index contributed by atoms with van der Waals surface area (Å²) in [5.41, 5.74) is 2.65. The van der Waals surface area contributed by atoms with Crippen LogP contribution in [-0.2, 0) is 4.79 Å². The van der Waals surface area contributed by atoms with Crippen molar-refractivity contribution in [3.8, 4) is 0 Å². The number of ketones is 1. The molecule has 0 atom stereocenters. The number of H-pyrrole nitrogens is 1. The molecule has 2 N–H and O–H groups in total. The van der Waals surface area contributed by atoms with Gasteiger partial charge < -0.3 is 10.1 Å². The highest BCUT2D eigenvalue weighted by Crippen LogP contribution is 2.26. The van der Waals surface area contributed by atoms with Gasteiger partial charge in [0.2, 0.25) is 0 Å². The zero-order valence-electron chi connectivity index (χ0n) is 16.3. The van der Waals surface area contributed by atoms with Crippen LogP contribution in [0.5, 0.6) is 0 Å². The number of aromatic nitrogens is 1. The van der Waals surface area contributed by atoms with Gasteiger partial charge in [0.1, 0.15) is 0 Å². The lowest BCUT2D eigenvalue weighted by molar-refractivity contribution is -0.137. The van der Waals surface area contributed by atoms with E-state index in [1.807, 2.05) is 30.3 Å². The van der Waals surface area contributed by atoms with Crippen molar-refractivity contribution in [1.29, 1.82) is 0 Å². The number of rotatable bonds is 13. The van der Waals surface area contributed by atoms with Gasteiger partial charge in [0.15, 0.2) is 5.78 Å². The zero-order chi connectivity index (χ0) is 19.5. The number of unbranched alkanes of at least 4 members (excludes halogenated alkanes) is 6. The third-order valence-corrected chi connectivity index (χ3v) is 4.82. The van der Waals surface area contributed by atoms with Gasteiger partial charge in [0.05, 0.1) is 5.56 Å². The van der Waals surface area contributed by atoms with Gasteiger partial charge in [-0.3, -0.25) is 9.59 Å². The smallest absolute Gasteiger partial charge is 0.303 e. The number of carboxylic acid groups (broad SMARTS) is 1. The summed E-state index contributed by atoms with van der Waals surface area (Å²) in [5, 5.41) is 9.67. The molecule has 0 fully saturated rings. The van der Waals surface area contributed by atoms with E-state index in [4.69, 9.17) is 5.11 Å². The number of para-hydroxylation sites is 1. The van der Waals surface area contributed by atoms with E-state index >= 15 is 0 Å². The number of fused-ring (bicyclic) bond motifs is 1. The van der Waals surface area contributed by atoms with Gasteiger partial charge in [-0.1, -0.05) is 56.9 Å². The van der Waals surface area contributed by atoms with Crippen LogP contribution in [0.2, 0.25) is 0 Å². The van der Waals surface area contributed by atoms with E-state index in [-0.39, 0.29) is 12.2 Å². The molecular weight excluding hydrogens is 338 g/mol. The van der Waals surface area contributed by atoms with E-state index in [9.17, 15) is 9.59 Å². The molecule has 0 aliphatic rings. The van der Waals surface area contributed by atoms with Crippen LogP contribution in [-0.4, -0.2) is 21.8 Å². The Morgan fingerprint density at radius 2 is 1.74 bits per heavy atom. The Kier molecular flexibility index (Phi) is 8.82. The van der Waals surface area contributed by atoms with Crippen LogP contribution in [0.25, 0.3) is 17.0 Å². The molecule has 0 aliphatic carbocycles. The van der Waals surface area contributed by atoms with Gasteiger partial charge in [-0.15, -0.1) is 0 Å². The second-order valence-electron chi connectivity index (χ2n) is 7.09. The average Bonchev–Trinajstić information content (AvgIpc) is 3.02. The molecule has 2 aromatic rings. The minimum absolute atomic E-state index is 0.133. The Morgan fingerprint density at radius 3 is 2.52 bits per heavy atom. The first-order chi connectivity index (χ1) is 13.1. The molecule has 0 saturated carbocycles. The first-order valence-corrected chi connectivity index (χ1v) is 10.2. The molecule has 0 saturated heterocycles. The predicted molar refractivity (Wildman–Crippen MR) is 111 cm³/mol.